The van der Waals surface area contributed by atoms with E-state index in [4.69, 9.17) is 0 Å². The van der Waals surface area contributed by atoms with E-state index >= 15 is 0 Å². The van der Waals surface area contributed by atoms with Gasteiger partial charge in [0.05, 0.1) is 0 Å². The second-order valence-corrected chi connectivity index (χ2v) is 4.83. The highest BCUT2D eigenvalue weighted by Gasteiger charge is 2.26. The zero-order valence-electron chi connectivity index (χ0n) is 10.8. The van der Waals surface area contributed by atoms with Crippen LogP contribution in [0.3, 0.4) is 0 Å². The number of aryl methyl sites for hydroxylation is 1. The maximum atomic E-state index is 12.0. The Balaban J connectivity index is 2.12. The van der Waals surface area contributed by atoms with Gasteiger partial charge in [0, 0.05) is 5.92 Å². The van der Waals surface area contributed by atoms with Crippen molar-refractivity contribution in [2.45, 2.75) is 25.8 Å². The van der Waals surface area contributed by atoms with Crippen LogP contribution in [0.2, 0.25) is 0 Å². The van der Waals surface area contributed by atoms with Crippen molar-refractivity contribution in [3.63, 3.8) is 0 Å². The fraction of sp³-hybridized carbons (Fsp3) is 0.333. The quantitative estimate of drug-likeness (QED) is 0.815. The van der Waals surface area contributed by atoms with Gasteiger partial charge in [-0.15, -0.1) is 0 Å². The Hall–Kier alpha value is -2.10. The van der Waals surface area contributed by atoms with E-state index in [1.807, 2.05) is 25.1 Å². The Morgan fingerprint density at radius 3 is 2.58 bits per heavy atom. The lowest BCUT2D eigenvalue weighted by atomic mass is 10.0. The molecule has 0 radical (unpaired) electrons. The largest absolute Gasteiger partial charge is 0.479 e. The lowest BCUT2D eigenvalue weighted by molar-refractivity contribution is -0.142. The first kappa shape index (κ1) is 13.3. The summed E-state index contributed by atoms with van der Waals surface area (Å²) >= 11 is 0. The third kappa shape index (κ3) is 3.22. The number of rotatable bonds is 4. The van der Waals surface area contributed by atoms with E-state index in [-0.39, 0.29) is 11.8 Å². The number of allylic oxidation sites excluding steroid dienone is 2. The molecule has 19 heavy (non-hydrogen) atoms. The molecule has 0 unspecified atom stereocenters. The van der Waals surface area contributed by atoms with Crippen LogP contribution in [0.4, 0.5) is 0 Å². The number of carboxylic acid groups (broad SMARTS) is 1. The van der Waals surface area contributed by atoms with Gasteiger partial charge >= 0.3 is 5.97 Å². The molecule has 1 amide bonds. The average Bonchev–Trinajstić information content (AvgIpc) is 2.89. The molecule has 0 saturated carbocycles. The van der Waals surface area contributed by atoms with Crippen LogP contribution in [0.25, 0.3) is 0 Å². The van der Waals surface area contributed by atoms with Crippen molar-refractivity contribution >= 4 is 11.9 Å². The summed E-state index contributed by atoms with van der Waals surface area (Å²) in [6.45, 7) is 1.89. The summed E-state index contributed by atoms with van der Waals surface area (Å²) in [5.74, 6) is -1.37. The predicted molar refractivity (Wildman–Crippen MR) is 71.6 cm³/mol. The SMILES string of the molecule is Cc1cccc([C@H](NC(=O)C2CC=CC2)C(=O)O)c1. The molecule has 100 valence electrons. The van der Waals surface area contributed by atoms with E-state index in [1.54, 1.807) is 18.2 Å². The maximum Gasteiger partial charge on any atom is 0.330 e. The van der Waals surface area contributed by atoms with E-state index in [1.165, 1.54) is 0 Å². The van der Waals surface area contributed by atoms with Crippen molar-refractivity contribution in [2.24, 2.45) is 5.92 Å². The first-order valence-corrected chi connectivity index (χ1v) is 6.32. The summed E-state index contributed by atoms with van der Waals surface area (Å²) in [6.07, 6.45) is 5.28. The minimum absolute atomic E-state index is 0.133. The predicted octanol–water partition coefficient (Wildman–Crippen LogP) is 2.20. The average molecular weight is 259 g/mol. The van der Waals surface area contributed by atoms with E-state index < -0.39 is 12.0 Å². The van der Waals surface area contributed by atoms with Crippen LogP contribution < -0.4 is 5.32 Å². The van der Waals surface area contributed by atoms with Crippen LogP contribution in [0, 0.1) is 12.8 Å². The first-order valence-electron chi connectivity index (χ1n) is 6.32. The summed E-state index contributed by atoms with van der Waals surface area (Å²) < 4.78 is 0. The number of aliphatic carboxylic acids is 1. The van der Waals surface area contributed by atoms with Crippen LogP contribution >= 0.6 is 0 Å². The van der Waals surface area contributed by atoms with Crippen molar-refractivity contribution in [3.05, 3.63) is 47.5 Å². The van der Waals surface area contributed by atoms with E-state index in [0.717, 1.165) is 5.56 Å². The van der Waals surface area contributed by atoms with Gasteiger partial charge < -0.3 is 10.4 Å². The van der Waals surface area contributed by atoms with Crippen LogP contribution in [0.5, 0.6) is 0 Å². The number of hydrogen-bond acceptors (Lipinski definition) is 2. The van der Waals surface area contributed by atoms with E-state index in [9.17, 15) is 14.7 Å². The van der Waals surface area contributed by atoms with Crippen LogP contribution in [-0.2, 0) is 9.59 Å². The monoisotopic (exact) mass is 259 g/mol. The molecule has 4 heteroatoms. The highest BCUT2D eigenvalue weighted by atomic mass is 16.4. The third-order valence-electron chi connectivity index (χ3n) is 3.29. The van der Waals surface area contributed by atoms with Gasteiger partial charge in [-0.2, -0.15) is 0 Å². The summed E-state index contributed by atoms with van der Waals surface area (Å²) in [5, 5.41) is 11.9. The topological polar surface area (TPSA) is 66.4 Å². The van der Waals surface area contributed by atoms with Gasteiger partial charge in [0.1, 0.15) is 0 Å². The maximum absolute atomic E-state index is 12.0. The smallest absolute Gasteiger partial charge is 0.330 e. The number of nitrogens with one attached hydrogen (secondary N) is 1. The molecule has 0 spiro atoms. The number of benzene rings is 1. The van der Waals surface area contributed by atoms with E-state index in [2.05, 4.69) is 5.32 Å². The summed E-state index contributed by atoms with van der Waals surface area (Å²) in [7, 11) is 0. The molecule has 0 bridgehead atoms. The van der Waals surface area contributed by atoms with Gasteiger partial charge in [-0.3, -0.25) is 4.79 Å². The molecule has 1 aromatic rings. The summed E-state index contributed by atoms with van der Waals surface area (Å²) in [4.78, 5) is 23.3. The molecule has 2 N–H and O–H groups in total. The molecule has 0 heterocycles. The Morgan fingerprint density at radius 2 is 2.00 bits per heavy atom. The molecule has 1 aromatic carbocycles. The van der Waals surface area contributed by atoms with Gasteiger partial charge in [0.15, 0.2) is 6.04 Å². The van der Waals surface area contributed by atoms with Gasteiger partial charge in [-0.05, 0) is 25.3 Å². The molecule has 0 aliphatic heterocycles. The molecule has 4 nitrogen and oxygen atoms in total. The number of carbonyl (C=O) groups excluding carboxylic acids is 1. The van der Waals surface area contributed by atoms with Crippen molar-refractivity contribution in [1.82, 2.24) is 5.32 Å². The normalized spacial score (nSPS) is 16.3. The highest BCUT2D eigenvalue weighted by Crippen LogP contribution is 2.21. The molecule has 0 fully saturated rings. The Labute approximate surface area is 112 Å². The van der Waals surface area contributed by atoms with E-state index in [0.29, 0.717) is 18.4 Å². The molecular weight excluding hydrogens is 242 g/mol. The van der Waals surface area contributed by atoms with Crippen molar-refractivity contribution in [1.29, 1.82) is 0 Å². The highest BCUT2D eigenvalue weighted by molar-refractivity contribution is 5.86. The first-order chi connectivity index (χ1) is 9.08. The number of carboxylic acids is 1. The van der Waals surface area contributed by atoms with Crippen molar-refractivity contribution in [3.8, 4) is 0 Å². The molecular formula is C15H17NO3. The van der Waals surface area contributed by atoms with Gasteiger partial charge in [-0.1, -0.05) is 42.0 Å². The molecule has 1 aliphatic carbocycles. The molecule has 1 atom stereocenters. The van der Waals surface area contributed by atoms with Crippen LogP contribution in [0.15, 0.2) is 36.4 Å². The second kappa shape index (κ2) is 5.69. The molecule has 0 aromatic heterocycles. The van der Waals surface area contributed by atoms with Crippen molar-refractivity contribution < 1.29 is 14.7 Å². The molecule has 0 saturated heterocycles. The van der Waals surface area contributed by atoms with Crippen molar-refractivity contribution in [2.75, 3.05) is 0 Å². The lowest BCUT2D eigenvalue weighted by Gasteiger charge is -2.18. The molecule has 2 rings (SSSR count). The van der Waals surface area contributed by atoms with Gasteiger partial charge in [0.2, 0.25) is 5.91 Å². The standard InChI is InChI=1S/C15H17NO3/c1-10-5-4-8-12(9-10)13(15(18)19)16-14(17)11-6-2-3-7-11/h2-5,8-9,11,13H,6-7H2,1H3,(H,16,17)(H,18,19)/t13-/m0/s1. The second-order valence-electron chi connectivity index (χ2n) is 4.83. The minimum Gasteiger partial charge on any atom is -0.479 e. The zero-order valence-corrected chi connectivity index (χ0v) is 10.8. The van der Waals surface area contributed by atoms with Crippen LogP contribution in [0.1, 0.15) is 30.0 Å². The van der Waals surface area contributed by atoms with Gasteiger partial charge in [-0.25, -0.2) is 4.79 Å². The fourth-order valence-electron chi connectivity index (χ4n) is 2.23. The number of carbonyl (C=O) groups is 2. The Bertz CT molecular complexity index is 514. The molecule has 1 aliphatic rings. The summed E-state index contributed by atoms with van der Waals surface area (Å²) in [5.41, 5.74) is 1.58. The van der Waals surface area contributed by atoms with Crippen LogP contribution in [-0.4, -0.2) is 17.0 Å². The fourth-order valence-corrected chi connectivity index (χ4v) is 2.23. The van der Waals surface area contributed by atoms with Gasteiger partial charge in [0.25, 0.3) is 0 Å². The zero-order chi connectivity index (χ0) is 13.8. The number of hydrogen-bond donors (Lipinski definition) is 2. The number of amides is 1. The summed E-state index contributed by atoms with van der Waals surface area (Å²) in [6, 6.07) is 6.22. The third-order valence-corrected chi connectivity index (χ3v) is 3.29. The minimum atomic E-state index is -1.04. The Morgan fingerprint density at radius 1 is 1.32 bits per heavy atom. The Kier molecular flexibility index (Phi) is 4.00. The lowest BCUT2D eigenvalue weighted by Crippen LogP contribution is -2.37.